The van der Waals surface area contributed by atoms with Crippen LogP contribution < -0.4 is 0 Å². The smallest absolute Gasteiger partial charge is 0.233 e. The number of carbonyl (C=O) groups excluding carboxylic acids is 2. The fourth-order valence-corrected chi connectivity index (χ4v) is 4.84. The van der Waals surface area contributed by atoms with Crippen molar-refractivity contribution in [2.24, 2.45) is 11.3 Å². The van der Waals surface area contributed by atoms with Crippen molar-refractivity contribution in [1.29, 1.82) is 0 Å². The lowest BCUT2D eigenvalue weighted by molar-refractivity contribution is -0.146. The fraction of sp³-hybridized carbons (Fsp3) is 0.778. The Morgan fingerprint density at radius 2 is 2.19 bits per heavy atom. The number of thioether (sulfide) groups is 1. The molecule has 0 unspecified atom stereocenters. The first-order chi connectivity index (χ1) is 12.6. The first-order valence-electron chi connectivity index (χ1n) is 9.71. The highest BCUT2D eigenvalue weighted by Crippen LogP contribution is 2.41. The average Bonchev–Trinajstić information content (AvgIpc) is 3.18. The van der Waals surface area contributed by atoms with Crippen LogP contribution >= 0.6 is 11.8 Å². The largest absolute Gasteiger partial charge is 0.342 e. The number of H-pyrrole nitrogens is 1. The van der Waals surface area contributed by atoms with Gasteiger partial charge in [0, 0.05) is 32.6 Å². The van der Waals surface area contributed by atoms with Crippen molar-refractivity contribution in [3.63, 3.8) is 0 Å². The molecule has 0 aromatic carbocycles. The molecule has 1 N–H and O–H groups in total. The minimum Gasteiger partial charge on any atom is -0.342 e. The Bertz CT molecular complexity index is 689. The summed E-state index contributed by atoms with van der Waals surface area (Å²) in [6, 6.07) is 0. The molecule has 26 heavy (non-hydrogen) atoms. The van der Waals surface area contributed by atoms with Crippen LogP contribution in [-0.2, 0) is 16.0 Å². The number of aromatic amines is 1. The molecule has 1 atom stereocenters. The monoisotopic (exact) mass is 377 g/mol. The zero-order valence-electron chi connectivity index (χ0n) is 15.4. The number of nitrogens with one attached hydrogen (secondary N) is 1. The van der Waals surface area contributed by atoms with Crippen molar-refractivity contribution in [3.05, 3.63) is 5.82 Å². The molecule has 0 radical (unpaired) electrons. The van der Waals surface area contributed by atoms with Crippen molar-refractivity contribution in [2.75, 3.05) is 31.9 Å². The van der Waals surface area contributed by atoms with E-state index in [1.54, 1.807) is 0 Å². The topological polar surface area (TPSA) is 82.2 Å². The maximum absolute atomic E-state index is 13.1. The molecule has 2 saturated heterocycles. The van der Waals surface area contributed by atoms with Crippen molar-refractivity contribution < 1.29 is 9.59 Å². The van der Waals surface area contributed by atoms with Gasteiger partial charge in [-0.2, -0.15) is 0 Å². The Morgan fingerprint density at radius 3 is 2.92 bits per heavy atom. The van der Waals surface area contributed by atoms with E-state index in [0.29, 0.717) is 29.9 Å². The number of amides is 2. The van der Waals surface area contributed by atoms with Crippen LogP contribution in [-0.4, -0.2) is 68.7 Å². The van der Waals surface area contributed by atoms with Crippen LogP contribution in [0.15, 0.2) is 5.16 Å². The Kier molecular flexibility index (Phi) is 4.94. The highest BCUT2D eigenvalue weighted by atomic mass is 32.2. The third-order valence-electron chi connectivity index (χ3n) is 5.88. The quantitative estimate of drug-likeness (QED) is 0.763. The van der Waals surface area contributed by atoms with Gasteiger partial charge >= 0.3 is 0 Å². The Hall–Kier alpha value is -1.57. The van der Waals surface area contributed by atoms with E-state index in [1.165, 1.54) is 24.6 Å². The molecule has 3 fully saturated rings. The van der Waals surface area contributed by atoms with Gasteiger partial charge in [-0.15, -0.1) is 5.10 Å². The van der Waals surface area contributed by atoms with Gasteiger partial charge in [0.1, 0.15) is 5.82 Å². The van der Waals surface area contributed by atoms with E-state index in [1.807, 2.05) is 11.8 Å². The van der Waals surface area contributed by atoms with E-state index in [9.17, 15) is 9.59 Å². The zero-order chi connectivity index (χ0) is 18.1. The van der Waals surface area contributed by atoms with Crippen LogP contribution in [0.25, 0.3) is 0 Å². The molecule has 0 bridgehead atoms. The Morgan fingerprint density at radius 1 is 1.35 bits per heavy atom. The van der Waals surface area contributed by atoms with Gasteiger partial charge in [0.25, 0.3) is 0 Å². The van der Waals surface area contributed by atoms with E-state index >= 15 is 0 Å². The molecular weight excluding hydrogens is 350 g/mol. The molecule has 1 aliphatic carbocycles. The summed E-state index contributed by atoms with van der Waals surface area (Å²) >= 11 is 1.36. The van der Waals surface area contributed by atoms with Gasteiger partial charge in [0.2, 0.25) is 17.0 Å². The summed E-state index contributed by atoms with van der Waals surface area (Å²) in [6.07, 6.45) is 6.12. The van der Waals surface area contributed by atoms with Gasteiger partial charge in [-0.1, -0.05) is 18.7 Å². The summed E-state index contributed by atoms with van der Waals surface area (Å²) < 4.78 is 0. The van der Waals surface area contributed by atoms with Gasteiger partial charge in [-0.05, 0) is 38.0 Å². The highest BCUT2D eigenvalue weighted by Gasteiger charge is 2.49. The van der Waals surface area contributed by atoms with E-state index < -0.39 is 0 Å². The second-order valence-electron chi connectivity index (χ2n) is 7.85. The van der Waals surface area contributed by atoms with Crippen molar-refractivity contribution >= 4 is 23.6 Å². The van der Waals surface area contributed by atoms with Crippen molar-refractivity contribution in [2.45, 2.75) is 50.6 Å². The lowest BCUT2D eigenvalue weighted by Crippen LogP contribution is -2.51. The lowest BCUT2D eigenvalue weighted by Gasteiger charge is -2.39. The molecular formula is C18H27N5O2S. The molecule has 7 nitrogen and oxygen atoms in total. The molecule has 4 rings (SSSR count). The number of hydrogen-bond acceptors (Lipinski definition) is 5. The summed E-state index contributed by atoms with van der Waals surface area (Å²) in [7, 11) is 0. The summed E-state index contributed by atoms with van der Waals surface area (Å²) in [5.41, 5.74) is -0.326. The van der Waals surface area contributed by atoms with Crippen LogP contribution in [0.3, 0.4) is 0 Å². The van der Waals surface area contributed by atoms with E-state index in [-0.39, 0.29) is 11.3 Å². The van der Waals surface area contributed by atoms with E-state index in [2.05, 4.69) is 20.1 Å². The SMILES string of the molecule is CCc1nc(SCC(=O)N2CC[C@]3(CCCN(CC4CC4)C3=O)C2)n[nH]1. The van der Waals surface area contributed by atoms with Crippen LogP contribution in [0.2, 0.25) is 0 Å². The first kappa shape index (κ1) is 17.8. The van der Waals surface area contributed by atoms with Crippen LogP contribution in [0.5, 0.6) is 0 Å². The summed E-state index contributed by atoms with van der Waals surface area (Å²) in [4.78, 5) is 33.9. The minimum atomic E-state index is -0.326. The number of aryl methyl sites for hydroxylation is 1. The molecule has 1 aromatic rings. The third-order valence-corrected chi connectivity index (χ3v) is 6.71. The number of rotatable bonds is 6. The molecule has 3 heterocycles. The standard InChI is InChI=1S/C18H27N5O2S/c1-2-14-19-17(21-20-14)26-11-15(24)23-9-7-18(12-23)6-3-8-22(16(18)25)10-13-4-5-13/h13H,2-12H2,1H3,(H,19,20,21)/t18-/m1/s1. The number of carbonyl (C=O) groups is 2. The molecule has 1 aromatic heterocycles. The molecule has 8 heteroatoms. The number of aromatic nitrogens is 3. The van der Waals surface area contributed by atoms with Gasteiger partial charge < -0.3 is 9.80 Å². The second kappa shape index (κ2) is 7.21. The van der Waals surface area contributed by atoms with E-state index in [4.69, 9.17) is 0 Å². The predicted octanol–water partition coefficient (Wildman–Crippen LogP) is 1.71. The summed E-state index contributed by atoms with van der Waals surface area (Å²) in [5.74, 6) is 2.27. The maximum atomic E-state index is 13.1. The second-order valence-corrected chi connectivity index (χ2v) is 8.79. The van der Waals surface area contributed by atoms with Crippen molar-refractivity contribution in [3.8, 4) is 0 Å². The van der Waals surface area contributed by atoms with E-state index in [0.717, 1.165) is 50.5 Å². The van der Waals surface area contributed by atoms with Crippen molar-refractivity contribution in [1.82, 2.24) is 25.0 Å². The number of likely N-dealkylation sites (tertiary alicyclic amines) is 2. The highest BCUT2D eigenvalue weighted by molar-refractivity contribution is 7.99. The molecule has 142 valence electrons. The van der Waals surface area contributed by atoms with Crippen LogP contribution in [0, 0.1) is 11.3 Å². The fourth-order valence-electron chi connectivity index (χ4n) is 4.12. The number of nitrogens with zero attached hydrogens (tertiary/aromatic N) is 4. The first-order valence-corrected chi connectivity index (χ1v) is 10.7. The van der Waals surface area contributed by atoms with Gasteiger partial charge in [-0.25, -0.2) is 4.98 Å². The van der Waals surface area contributed by atoms with Crippen LogP contribution in [0.1, 0.15) is 44.9 Å². The molecule has 1 spiro atoms. The Labute approximate surface area is 158 Å². The minimum absolute atomic E-state index is 0.0850. The number of piperidine rings is 1. The molecule has 3 aliphatic rings. The van der Waals surface area contributed by atoms with Crippen LogP contribution in [0.4, 0.5) is 0 Å². The van der Waals surface area contributed by atoms with Gasteiger partial charge in [0.05, 0.1) is 11.2 Å². The summed E-state index contributed by atoms with van der Waals surface area (Å²) in [6.45, 7) is 5.11. The normalized spacial score (nSPS) is 26.1. The molecule has 2 amide bonds. The summed E-state index contributed by atoms with van der Waals surface area (Å²) in [5, 5.41) is 7.61. The molecule has 1 saturated carbocycles. The lowest BCUT2D eigenvalue weighted by atomic mass is 9.78. The predicted molar refractivity (Wildman–Crippen MR) is 98.7 cm³/mol. The third kappa shape index (κ3) is 3.61. The molecule has 2 aliphatic heterocycles. The number of hydrogen-bond donors (Lipinski definition) is 1. The van der Waals surface area contributed by atoms with Gasteiger partial charge in [0.15, 0.2) is 0 Å². The maximum Gasteiger partial charge on any atom is 0.233 e. The van der Waals surface area contributed by atoms with Gasteiger partial charge in [-0.3, -0.25) is 14.7 Å². The average molecular weight is 378 g/mol. The zero-order valence-corrected chi connectivity index (χ0v) is 16.2. The Balaban J connectivity index is 1.33.